The van der Waals surface area contributed by atoms with E-state index in [9.17, 15) is 28.1 Å². The van der Waals surface area contributed by atoms with Gasteiger partial charge in [0.05, 0.1) is 10.8 Å². The number of carbonyl (C=O) groups excluding carboxylic acids is 1. The quantitative estimate of drug-likeness (QED) is 0.443. The van der Waals surface area contributed by atoms with E-state index in [1.54, 1.807) is 30.3 Å². The summed E-state index contributed by atoms with van der Waals surface area (Å²) in [4.78, 5) is 24.7. The number of nitro groups is 1. The number of ketones is 1. The normalized spacial score (nSPS) is 17.6. The Balaban J connectivity index is 1.93. The molecule has 0 bridgehead atoms. The Morgan fingerprint density at radius 1 is 1.11 bits per heavy atom. The molecule has 0 saturated carbocycles. The molecule has 0 N–H and O–H groups in total. The van der Waals surface area contributed by atoms with Gasteiger partial charge in [0, 0.05) is 30.3 Å². The highest BCUT2D eigenvalue weighted by Crippen LogP contribution is 2.38. The lowest BCUT2D eigenvalue weighted by Crippen LogP contribution is -2.42. The van der Waals surface area contributed by atoms with E-state index in [4.69, 9.17) is 0 Å². The number of benzene rings is 2. The van der Waals surface area contributed by atoms with Gasteiger partial charge in [-0.3, -0.25) is 14.9 Å². The smallest absolute Gasteiger partial charge is 0.365 e. The third-order valence-corrected chi connectivity index (χ3v) is 4.70. The molecule has 3 rings (SSSR count). The van der Waals surface area contributed by atoms with Gasteiger partial charge in [0.2, 0.25) is 0 Å². The summed E-state index contributed by atoms with van der Waals surface area (Å²) in [6, 6.07) is 12.2. The lowest BCUT2D eigenvalue weighted by atomic mass is 9.96. The third-order valence-electron chi connectivity index (χ3n) is 4.70. The van der Waals surface area contributed by atoms with Crippen LogP contribution < -0.4 is 4.90 Å². The van der Waals surface area contributed by atoms with Gasteiger partial charge in [-0.05, 0) is 25.0 Å². The van der Waals surface area contributed by atoms with Gasteiger partial charge >= 0.3 is 6.18 Å². The lowest BCUT2D eigenvalue weighted by Gasteiger charge is -2.35. The van der Waals surface area contributed by atoms with E-state index in [0.29, 0.717) is 18.5 Å². The van der Waals surface area contributed by atoms with Gasteiger partial charge in [0.1, 0.15) is 5.69 Å². The fourth-order valence-electron chi connectivity index (χ4n) is 3.30. The van der Waals surface area contributed by atoms with Crippen LogP contribution in [0.4, 0.5) is 24.5 Å². The molecule has 0 aliphatic carbocycles. The molecule has 2 aromatic carbocycles. The van der Waals surface area contributed by atoms with Crippen LogP contribution >= 0.6 is 0 Å². The fraction of sp³-hybridized carbons (Fsp3) is 0.316. The third kappa shape index (κ3) is 4.10. The number of rotatable bonds is 4. The van der Waals surface area contributed by atoms with Crippen molar-refractivity contribution in [2.75, 3.05) is 18.0 Å². The van der Waals surface area contributed by atoms with Gasteiger partial charge in [-0.15, -0.1) is 0 Å². The zero-order chi connectivity index (χ0) is 19.6. The molecule has 0 spiro atoms. The fourth-order valence-corrected chi connectivity index (χ4v) is 3.30. The van der Waals surface area contributed by atoms with Crippen LogP contribution in [0.15, 0.2) is 48.5 Å². The summed E-state index contributed by atoms with van der Waals surface area (Å²) < 4.78 is 39.1. The molecule has 1 saturated heterocycles. The zero-order valence-electron chi connectivity index (χ0n) is 14.3. The first-order valence-electron chi connectivity index (χ1n) is 8.47. The van der Waals surface area contributed by atoms with Crippen molar-refractivity contribution in [1.29, 1.82) is 0 Å². The molecule has 2 aromatic rings. The topological polar surface area (TPSA) is 63.5 Å². The Bertz CT molecular complexity index is 853. The van der Waals surface area contributed by atoms with Gasteiger partial charge in [0.15, 0.2) is 5.78 Å². The Kier molecular flexibility index (Phi) is 5.16. The van der Waals surface area contributed by atoms with Crippen LogP contribution in [0.25, 0.3) is 0 Å². The molecule has 0 aromatic heterocycles. The van der Waals surface area contributed by atoms with Crippen molar-refractivity contribution in [3.05, 3.63) is 69.8 Å². The molecule has 0 amide bonds. The standard InChI is InChI=1S/C19H17F3N2O3/c20-19(21,22)15-7-4-10-23(12-15)16-9-8-14(11-17(16)24(26)27)18(25)13-5-2-1-3-6-13/h1-3,5-6,8-9,11,15H,4,7,10,12H2. The van der Waals surface area contributed by atoms with Crippen LogP contribution in [-0.4, -0.2) is 30.0 Å². The number of anilines is 1. The first-order valence-corrected chi connectivity index (χ1v) is 8.47. The number of piperidine rings is 1. The van der Waals surface area contributed by atoms with Crippen molar-refractivity contribution < 1.29 is 22.9 Å². The van der Waals surface area contributed by atoms with E-state index in [1.165, 1.54) is 17.0 Å². The molecule has 1 atom stereocenters. The highest BCUT2D eigenvalue weighted by atomic mass is 19.4. The van der Waals surface area contributed by atoms with Crippen LogP contribution in [0.3, 0.4) is 0 Å². The minimum absolute atomic E-state index is 0.0123. The zero-order valence-corrected chi connectivity index (χ0v) is 14.3. The molecule has 1 fully saturated rings. The van der Waals surface area contributed by atoms with E-state index in [2.05, 4.69) is 0 Å². The molecule has 0 radical (unpaired) electrons. The van der Waals surface area contributed by atoms with Crippen LogP contribution in [0.2, 0.25) is 0 Å². The second kappa shape index (κ2) is 7.38. The van der Waals surface area contributed by atoms with Gasteiger partial charge in [0.25, 0.3) is 5.69 Å². The summed E-state index contributed by atoms with van der Waals surface area (Å²) in [6.45, 7) is -0.0181. The predicted octanol–water partition coefficient (Wildman–Crippen LogP) is 4.60. The van der Waals surface area contributed by atoms with E-state index >= 15 is 0 Å². The van der Waals surface area contributed by atoms with Gasteiger partial charge < -0.3 is 4.90 Å². The maximum absolute atomic E-state index is 13.0. The van der Waals surface area contributed by atoms with E-state index in [1.807, 2.05) is 0 Å². The summed E-state index contributed by atoms with van der Waals surface area (Å²) in [5, 5.41) is 11.5. The molecule has 1 aliphatic rings. The van der Waals surface area contributed by atoms with Gasteiger partial charge in [-0.1, -0.05) is 30.3 Å². The van der Waals surface area contributed by atoms with Gasteiger partial charge in [-0.25, -0.2) is 0 Å². The van der Waals surface area contributed by atoms with Crippen LogP contribution in [0.5, 0.6) is 0 Å². The highest BCUT2D eigenvalue weighted by molar-refractivity contribution is 6.09. The van der Waals surface area contributed by atoms with Crippen molar-refractivity contribution in [2.24, 2.45) is 5.92 Å². The van der Waals surface area contributed by atoms with Crippen LogP contribution in [-0.2, 0) is 0 Å². The molecule has 8 heteroatoms. The number of hydrogen-bond donors (Lipinski definition) is 0. The van der Waals surface area contributed by atoms with Crippen molar-refractivity contribution in [3.63, 3.8) is 0 Å². The largest absolute Gasteiger partial charge is 0.393 e. The van der Waals surface area contributed by atoms with Gasteiger partial charge in [-0.2, -0.15) is 13.2 Å². The second-order valence-electron chi connectivity index (χ2n) is 6.48. The summed E-state index contributed by atoms with van der Waals surface area (Å²) in [5.41, 5.74) is 0.258. The van der Waals surface area contributed by atoms with Crippen LogP contribution in [0.1, 0.15) is 28.8 Å². The summed E-state index contributed by atoms with van der Waals surface area (Å²) in [5.74, 6) is -1.89. The molecule has 27 heavy (non-hydrogen) atoms. The second-order valence-corrected chi connectivity index (χ2v) is 6.48. The lowest BCUT2D eigenvalue weighted by molar-refractivity contribution is -0.384. The number of nitrogens with zero attached hydrogens (tertiary/aromatic N) is 2. The van der Waals surface area contributed by atoms with E-state index in [-0.39, 0.29) is 35.7 Å². The minimum Gasteiger partial charge on any atom is -0.365 e. The number of halogens is 3. The Morgan fingerprint density at radius 3 is 2.44 bits per heavy atom. The number of nitro benzene ring substituents is 1. The summed E-state index contributed by atoms with van der Waals surface area (Å²) >= 11 is 0. The maximum Gasteiger partial charge on any atom is 0.393 e. The molecule has 1 heterocycles. The minimum atomic E-state index is -4.34. The molecule has 142 valence electrons. The first kappa shape index (κ1) is 18.9. The molecule has 1 unspecified atom stereocenters. The summed E-state index contributed by atoms with van der Waals surface area (Å²) in [7, 11) is 0. The molecule has 1 aliphatic heterocycles. The van der Waals surface area contributed by atoms with Crippen molar-refractivity contribution in [3.8, 4) is 0 Å². The Hall–Kier alpha value is -2.90. The maximum atomic E-state index is 13.0. The molecular formula is C19H17F3N2O3. The average molecular weight is 378 g/mol. The number of carbonyl (C=O) groups is 1. The van der Waals surface area contributed by atoms with Crippen molar-refractivity contribution in [2.45, 2.75) is 19.0 Å². The summed E-state index contributed by atoms with van der Waals surface area (Å²) in [6.07, 6.45) is -4.03. The monoisotopic (exact) mass is 378 g/mol. The number of alkyl halides is 3. The predicted molar refractivity (Wildman–Crippen MR) is 94.0 cm³/mol. The van der Waals surface area contributed by atoms with Crippen molar-refractivity contribution in [1.82, 2.24) is 0 Å². The Morgan fingerprint density at radius 2 is 1.81 bits per heavy atom. The van der Waals surface area contributed by atoms with E-state index in [0.717, 1.165) is 6.07 Å². The first-order chi connectivity index (χ1) is 12.8. The molecule has 5 nitrogen and oxygen atoms in total. The molecular weight excluding hydrogens is 361 g/mol. The SMILES string of the molecule is O=C(c1ccccc1)c1ccc(N2CCCC(C(F)(F)F)C2)c([N+](=O)[O-])c1. The average Bonchev–Trinajstić information content (AvgIpc) is 2.67. The highest BCUT2D eigenvalue weighted by Gasteiger charge is 2.42. The van der Waals surface area contributed by atoms with Crippen molar-refractivity contribution >= 4 is 17.2 Å². The van der Waals surface area contributed by atoms with E-state index < -0.39 is 17.0 Å². The number of hydrogen-bond acceptors (Lipinski definition) is 4. The Labute approximate surface area is 153 Å². The van der Waals surface area contributed by atoms with Crippen LogP contribution in [0, 0.1) is 16.0 Å².